The lowest BCUT2D eigenvalue weighted by molar-refractivity contribution is -0.441. The van der Waals surface area contributed by atoms with E-state index in [1.54, 1.807) is 0 Å². The molecule has 1 N–H and O–H groups in total. The Balaban J connectivity index is 0.000000204. The Morgan fingerprint density at radius 1 is 0.886 bits per heavy atom. The van der Waals surface area contributed by atoms with Gasteiger partial charge in [-0.2, -0.15) is 4.58 Å². The van der Waals surface area contributed by atoms with E-state index in [1.165, 1.54) is 49.8 Å². The zero-order valence-corrected chi connectivity index (χ0v) is 29.3. The van der Waals surface area contributed by atoms with Gasteiger partial charge in [-0.25, -0.2) is 0 Å². The number of carbonyl (C=O) groups excluding carboxylic acids is 1. The lowest BCUT2D eigenvalue weighted by Gasteiger charge is -2.21. The van der Waals surface area contributed by atoms with E-state index in [9.17, 15) is 9.59 Å². The van der Waals surface area contributed by atoms with Crippen molar-refractivity contribution in [3.63, 3.8) is 0 Å². The molecule has 44 heavy (non-hydrogen) atoms. The van der Waals surface area contributed by atoms with Gasteiger partial charge in [-0.05, 0) is 60.0 Å². The molecule has 4 aromatic rings. The van der Waals surface area contributed by atoms with E-state index in [4.69, 9.17) is 9.84 Å². The first kappa shape index (κ1) is 35.1. The maximum absolute atomic E-state index is 10.4. The first-order valence-corrected chi connectivity index (χ1v) is 15.6. The van der Waals surface area contributed by atoms with Crippen LogP contribution in [0.1, 0.15) is 59.1 Å². The minimum Gasteiger partial charge on any atom is -1.00 e. The van der Waals surface area contributed by atoms with Gasteiger partial charge in [0, 0.05) is 35.0 Å². The molecule has 232 valence electrons. The number of carboxylic acid groups (broad SMARTS) is 1. The van der Waals surface area contributed by atoms with Crippen LogP contribution in [0.2, 0.25) is 0 Å². The fraction of sp³-hybridized carbons (Fsp3) is 0.333. The van der Waals surface area contributed by atoms with E-state index in [-0.39, 0.29) is 34.2 Å². The smallest absolute Gasteiger partial charge is 0.304 e. The standard InChI is InChI=1S/C18H20NO2.C15H15N.C3H5BrO2.BrH/c1-13-18(2,3)17-15-7-5-4-6-14(15)8-9-16(17)19(13)10-11-21-12-20;1-10-15(2,3)14-12-7-5-4-6-11(12)8-9-13(14)16-10;4-2-1-3(5)6;/h4-9,12H,10-11H2,1-3H3;4-9H,1-3H3;1-2H2,(H,5,6);1H/q+1;;;/p-1. The second-order valence-corrected chi connectivity index (χ2v) is 12.6. The van der Waals surface area contributed by atoms with Gasteiger partial charge in [0.25, 0.3) is 6.47 Å². The van der Waals surface area contributed by atoms with Crippen LogP contribution in [-0.2, 0) is 25.2 Å². The highest BCUT2D eigenvalue weighted by atomic mass is 79.9. The van der Waals surface area contributed by atoms with E-state index < -0.39 is 5.97 Å². The Labute approximate surface area is 278 Å². The molecule has 2 aliphatic heterocycles. The number of hydrogen-bond donors (Lipinski definition) is 1. The van der Waals surface area contributed by atoms with Crippen molar-refractivity contribution in [1.82, 2.24) is 0 Å². The topological polar surface area (TPSA) is 79.0 Å². The van der Waals surface area contributed by atoms with Gasteiger partial charge in [0.05, 0.1) is 17.5 Å². The average Bonchev–Trinajstić information content (AvgIpc) is 3.34. The molecule has 8 heteroatoms. The molecule has 0 amide bonds. The number of hydrogen-bond acceptors (Lipinski definition) is 4. The molecule has 0 saturated carbocycles. The molecule has 6 nitrogen and oxygen atoms in total. The zero-order valence-electron chi connectivity index (χ0n) is 26.2. The van der Waals surface area contributed by atoms with Crippen LogP contribution in [-0.4, -0.2) is 52.0 Å². The molecule has 0 fully saturated rings. The van der Waals surface area contributed by atoms with Crippen LogP contribution in [0, 0.1) is 0 Å². The average molecular weight is 725 g/mol. The summed E-state index contributed by atoms with van der Waals surface area (Å²) in [5, 5.41) is 13.6. The van der Waals surface area contributed by atoms with E-state index >= 15 is 0 Å². The Morgan fingerprint density at radius 3 is 2.00 bits per heavy atom. The van der Waals surface area contributed by atoms with Crippen molar-refractivity contribution < 1.29 is 41.0 Å². The van der Waals surface area contributed by atoms with Gasteiger partial charge in [0.1, 0.15) is 6.61 Å². The maximum atomic E-state index is 10.4. The molecule has 2 heterocycles. The highest BCUT2D eigenvalue weighted by molar-refractivity contribution is 9.09. The number of fused-ring (bicyclic) bond motifs is 6. The molecule has 0 saturated heterocycles. The second-order valence-electron chi connectivity index (χ2n) is 11.8. The molecule has 0 bridgehead atoms. The lowest BCUT2D eigenvalue weighted by atomic mass is 9.80. The molecule has 0 aliphatic carbocycles. The Bertz CT molecular complexity index is 1740. The quantitative estimate of drug-likeness (QED) is 0.124. The summed E-state index contributed by atoms with van der Waals surface area (Å²) in [5.74, 6) is -0.758. The Kier molecular flexibility index (Phi) is 11.7. The number of ether oxygens (including phenoxy) is 1. The molecule has 0 aromatic heterocycles. The molecule has 0 unspecified atom stereocenters. The molecule has 0 radical (unpaired) electrons. The van der Waals surface area contributed by atoms with Crippen LogP contribution in [0.4, 0.5) is 11.4 Å². The van der Waals surface area contributed by atoms with Gasteiger partial charge in [-0.15, -0.1) is 0 Å². The Hall–Kier alpha value is -3.36. The number of nitrogens with zero attached hydrogens (tertiary/aromatic N) is 2. The van der Waals surface area contributed by atoms with Crippen molar-refractivity contribution in [2.24, 2.45) is 4.99 Å². The highest BCUT2D eigenvalue weighted by Crippen LogP contribution is 2.45. The number of benzene rings is 4. The summed E-state index contributed by atoms with van der Waals surface area (Å²) >= 11 is 2.97. The molecule has 2 aliphatic rings. The first-order chi connectivity index (χ1) is 20.4. The zero-order chi connectivity index (χ0) is 31.4. The molecular weight excluding hydrogens is 684 g/mol. The number of carbonyl (C=O) groups is 2. The van der Waals surface area contributed by atoms with Gasteiger partial charge in [0.2, 0.25) is 5.69 Å². The molecule has 4 aromatic carbocycles. The van der Waals surface area contributed by atoms with Crippen LogP contribution < -0.4 is 17.0 Å². The summed E-state index contributed by atoms with van der Waals surface area (Å²) in [5.41, 5.74) is 7.66. The van der Waals surface area contributed by atoms with Gasteiger partial charge in [0.15, 0.2) is 12.3 Å². The van der Waals surface area contributed by atoms with Gasteiger partial charge in [-0.3, -0.25) is 14.6 Å². The molecule has 0 spiro atoms. The van der Waals surface area contributed by atoms with Crippen molar-refractivity contribution in [3.05, 3.63) is 83.9 Å². The minimum atomic E-state index is -0.758. The van der Waals surface area contributed by atoms with Crippen molar-refractivity contribution in [2.45, 2.75) is 58.8 Å². The van der Waals surface area contributed by atoms with Crippen molar-refractivity contribution >= 4 is 72.7 Å². The van der Waals surface area contributed by atoms with Crippen molar-refractivity contribution in [3.8, 4) is 0 Å². The summed E-state index contributed by atoms with van der Waals surface area (Å²) in [6, 6.07) is 25.7. The number of aliphatic carboxylic acids is 1. The Morgan fingerprint density at radius 2 is 1.45 bits per heavy atom. The summed E-state index contributed by atoms with van der Waals surface area (Å²) in [6.07, 6.45) is 0.208. The second kappa shape index (κ2) is 14.6. The van der Waals surface area contributed by atoms with Crippen LogP contribution in [0.3, 0.4) is 0 Å². The van der Waals surface area contributed by atoms with Crippen molar-refractivity contribution in [1.29, 1.82) is 0 Å². The normalized spacial score (nSPS) is 15.1. The number of aliphatic imine (C=N–C) groups is 1. The van der Waals surface area contributed by atoms with Gasteiger partial charge in [-0.1, -0.05) is 84.4 Å². The van der Waals surface area contributed by atoms with E-state index in [0.29, 0.717) is 25.0 Å². The molecule has 6 rings (SSSR count). The predicted octanol–water partition coefficient (Wildman–Crippen LogP) is 5.49. The maximum Gasteiger partial charge on any atom is 0.304 e. The van der Waals surface area contributed by atoms with Gasteiger partial charge >= 0.3 is 5.97 Å². The van der Waals surface area contributed by atoms with E-state index in [0.717, 1.165) is 5.69 Å². The van der Waals surface area contributed by atoms with Crippen LogP contribution >= 0.6 is 15.9 Å². The lowest BCUT2D eigenvalue weighted by Crippen LogP contribution is -3.00. The summed E-state index contributed by atoms with van der Waals surface area (Å²) in [4.78, 5) is 24.6. The SMILES string of the molecule is CC1=Nc2ccc3ccccc3c2C1(C)C.CC1=[N+](CCOC=O)c2ccc3ccccc3c2C1(C)C.O=C(O)CCBr.[Br-]. The predicted molar refractivity (Wildman–Crippen MR) is 180 cm³/mol. The number of carboxylic acids is 1. The third-order valence-electron chi connectivity index (χ3n) is 8.67. The summed E-state index contributed by atoms with van der Waals surface area (Å²) in [6.45, 7) is 14.9. The summed E-state index contributed by atoms with van der Waals surface area (Å²) in [7, 11) is 0. The van der Waals surface area contributed by atoms with Crippen molar-refractivity contribution in [2.75, 3.05) is 18.5 Å². The fourth-order valence-electron chi connectivity index (χ4n) is 5.91. The van der Waals surface area contributed by atoms with Crippen LogP contribution in [0.5, 0.6) is 0 Å². The van der Waals surface area contributed by atoms with Crippen LogP contribution in [0.15, 0.2) is 77.8 Å². The van der Waals surface area contributed by atoms with Crippen LogP contribution in [0.25, 0.3) is 21.5 Å². The molecule has 0 atom stereocenters. The molecular formula is C36H40Br2N2O4. The van der Waals surface area contributed by atoms with Gasteiger partial charge < -0.3 is 26.8 Å². The minimum absolute atomic E-state index is 0. The largest absolute Gasteiger partial charge is 1.00 e. The van der Waals surface area contributed by atoms with E-state index in [2.05, 4.69) is 140 Å². The number of rotatable bonds is 6. The highest BCUT2D eigenvalue weighted by Gasteiger charge is 2.44. The third-order valence-corrected chi connectivity index (χ3v) is 9.06. The number of alkyl halides is 1. The fourth-order valence-corrected chi connectivity index (χ4v) is 6.25. The first-order valence-electron chi connectivity index (χ1n) is 14.5. The monoisotopic (exact) mass is 722 g/mol. The van der Waals surface area contributed by atoms with E-state index in [1.807, 2.05) is 0 Å². The summed E-state index contributed by atoms with van der Waals surface area (Å²) < 4.78 is 7.15. The third kappa shape index (κ3) is 6.97. The number of halogens is 2.